The number of nitrogens with one attached hydrogen (secondary N) is 1. The number of anilines is 1. The fourth-order valence-corrected chi connectivity index (χ4v) is 2.33. The monoisotopic (exact) mass is 412 g/mol. The summed E-state index contributed by atoms with van der Waals surface area (Å²) in [4.78, 5) is 34.3. The van der Waals surface area contributed by atoms with Crippen LogP contribution in [0.1, 0.15) is 22.8 Å². The fraction of sp³-hybridized carbons (Fsp3) is 0.222. The van der Waals surface area contributed by atoms with Crippen molar-refractivity contribution in [2.24, 2.45) is 0 Å². The van der Waals surface area contributed by atoms with E-state index in [1.165, 1.54) is 18.2 Å². The van der Waals surface area contributed by atoms with E-state index in [2.05, 4.69) is 10.1 Å². The van der Waals surface area contributed by atoms with Gasteiger partial charge < -0.3 is 14.8 Å². The number of nitrogens with zero attached hydrogens (tertiary/aromatic N) is 1. The van der Waals surface area contributed by atoms with Gasteiger partial charge in [-0.05, 0) is 31.2 Å². The molecule has 0 radical (unpaired) electrons. The summed E-state index contributed by atoms with van der Waals surface area (Å²) in [5.41, 5.74) is -2.60. The van der Waals surface area contributed by atoms with Gasteiger partial charge in [0.1, 0.15) is 11.4 Å². The van der Waals surface area contributed by atoms with Crippen molar-refractivity contribution in [3.63, 3.8) is 0 Å². The zero-order chi connectivity index (χ0) is 21.6. The van der Waals surface area contributed by atoms with Gasteiger partial charge in [0.25, 0.3) is 11.6 Å². The van der Waals surface area contributed by atoms with E-state index >= 15 is 0 Å². The summed E-state index contributed by atoms with van der Waals surface area (Å²) in [5.74, 6) is -2.10. The highest BCUT2D eigenvalue weighted by Crippen LogP contribution is 2.32. The molecule has 11 heteroatoms. The molecule has 0 bridgehead atoms. The van der Waals surface area contributed by atoms with Crippen LogP contribution < -0.4 is 10.1 Å². The molecule has 0 heterocycles. The molecule has 2 aromatic carbocycles. The SMILES string of the molecule is CCOc1ccc(NC(=O)COC(=O)c2ccccc2C(F)(F)F)c([N+](=O)[O-])c1. The van der Waals surface area contributed by atoms with E-state index in [1.807, 2.05) is 0 Å². The lowest BCUT2D eigenvalue weighted by Crippen LogP contribution is -2.23. The van der Waals surface area contributed by atoms with Crippen molar-refractivity contribution in [1.82, 2.24) is 0 Å². The molecule has 2 rings (SSSR count). The van der Waals surface area contributed by atoms with Crippen molar-refractivity contribution in [1.29, 1.82) is 0 Å². The first-order valence-corrected chi connectivity index (χ1v) is 8.18. The lowest BCUT2D eigenvalue weighted by Gasteiger charge is -2.12. The number of hydrogen-bond acceptors (Lipinski definition) is 6. The molecular formula is C18H15F3N2O6. The molecule has 0 aliphatic rings. The number of ether oxygens (including phenoxy) is 2. The minimum absolute atomic E-state index is 0.185. The van der Waals surface area contributed by atoms with E-state index in [0.717, 1.165) is 18.2 Å². The number of carbonyl (C=O) groups is 2. The van der Waals surface area contributed by atoms with Crippen molar-refractivity contribution in [3.05, 3.63) is 63.7 Å². The molecule has 0 fully saturated rings. The normalized spacial score (nSPS) is 10.9. The maximum atomic E-state index is 12.9. The standard InChI is InChI=1S/C18H15F3N2O6/c1-2-28-11-7-8-14(15(9-11)23(26)27)22-16(24)10-29-17(25)12-5-3-4-6-13(12)18(19,20)21/h3-9H,2,10H2,1H3,(H,22,24). The Hall–Kier alpha value is -3.63. The lowest BCUT2D eigenvalue weighted by molar-refractivity contribution is -0.384. The summed E-state index contributed by atoms with van der Waals surface area (Å²) < 4.78 is 48.6. The molecule has 0 aliphatic heterocycles. The van der Waals surface area contributed by atoms with E-state index in [9.17, 15) is 32.9 Å². The number of halogens is 3. The Kier molecular flexibility index (Phi) is 6.75. The summed E-state index contributed by atoms with van der Waals surface area (Å²) in [7, 11) is 0. The average Bonchev–Trinajstić information content (AvgIpc) is 2.66. The number of nitro benzene ring substituents is 1. The third kappa shape index (κ3) is 5.67. The van der Waals surface area contributed by atoms with Gasteiger partial charge in [0.2, 0.25) is 0 Å². The van der Waals surface area contributed by atoms with Gasteiger partial charge in [-0.1, -0.05) is 12.1 Å². The zero-order valence-electron chi connectivity index (χ0n) is 15.0. The summed E-state index contributed by atoms with van der Waals surface area (Å²) in [6, 6.07) is 7.66. The Morgan fingerprint density at radius 2 is 1.86 bits per heavy atom. The molecule has 8 nitrogen and oxygen atoms in total. The summed E-state index contributed by atoms with van der Waals surface area (Å²) in [6.07, 6.45) is -4.78. The third-order valence-corrected chi connectivity index (χ3v) is 3.54. The molecule has 2 aromatic rings. The average molecular weight is 412 g/mol. The molecule has 0 atom stereocenters. The first kappa shape index (κ1) is 21.7. The van der Waals surface area contributed by atoms with Gasteiger partial charge >= 0.3 is 12.1 Å². The largest absolute Gasteiger partial charge is 0.494 e. The van der Waals surface area contributed by atoms with Crippen LogP contribution in [0.15, 0.2) is 42.5 Å². The molecule has 154 valence electrons. The number of nitro groups is 1. The van der Waals surface area contributed by atoms with Crippen LogP contribution in [0.2, 0.25) is 0 Å². The first-order valence-electron chi connectivity index (χ1n) is 8.18. The second-order valence-corrected chi connectivity index (χ2v) is 5.54. The fourth-order valence-electron chi connectivity index (χ4n) is 2.33. The van der Waals surface area contributed by atoms with Gasteiger partial charge in [-0.15, -0.1) is 0 Å². The topological polar surface area (TPSA) is 108 Å². The molecule has 0 unspecified atom stereocenters. The number of amides is 1. The molecule has 0 saturated carbocycles. The van der Waals surface area contributed by atoms with Crippen molar-refractivity contribution in [3.8, 4) is 5.75 Å². The highest BCUT2D eigenvalue weighted by Gasteiger charge is 2.35. The van der Waals surface area contributed by atoms with Gasteiger partial charge in [0.15, 0.2) is 6.61 Å². The van der Waals surface area contributed by atoms with Crippen LogP contribution in [0.5, 0.6) is 5.75 Å². The molecule has 0 saturated heterocycles. The van der Waals surface area contributed by atoms with Crippen molar-refractivity contribution < 1.29 is 37.2 Å². The minimum atomic E-state index is -4.78. The van der Waals surface area contributed by atoms with Gasteiger partial charge in [-0.2, -0.15) is 13.2 Å². The Morgan fingerprint density at radius 1 is 1.17 bits per heavy atom. The van der Waals surface area contributed by atoms with Crippen molar-refractivity contribution in [2.75, 3.05) is 18.5 Å². The van der Waals surface area contributed by atoms with Crippen LogP contribution in [-0.4, -0.2) is 30.0 Å². The molecule has 1 amide bonds. The second-order valence-electron chi connectivity index (χ2n) is 5.54. The van der Waals surface area contributed by atoms with E-state index in [-0.39, 0.29) is 18.0 Å². The van der Waals surface area contributed by atoms with Crippen molar-refractivity contribution >= 4 is 23.3 Å². The second kappa shape index (κ2) is 9.04. The smallest absolute Gasteiger partial charge is 0.417 e. The number of carbonyl (C=O) groups excluding carboxylic acids is 2. The summed E-state index contributed by atoms with van der Waals surface area (Å²) in [5, 5.41) is 13.3. The van der Waals surface area contributed by atoms with Gasteiger partial charge in [0, 0.05) is 0 Å². The Bertz CT molecular complexity index is 930. The van der Waals surface area contributed by atoms with Crippen LogP contribution >= 0.6 is 0 Å². The number of esters is 1. The zero-order valence-corrected chi connectivity index (χ0v) is 15.0. The molecule has 29 heavy (non-hydrogen) atoms. The molecule has 0 aliphatic carbocycles. The van der Waals surface area contributed by atoms with Gasteiger partial charge in [-0.3, -0.25) is 14.9 Å². The Balaban J connectivity index is 2.08. The van der Waals surface area contributed by atoms with Crippen molar-refractivity contribution in [2.45, 2.75) is 13.1 Å². The van der Waals surface area contributed by atoms with E-state index in [4.69, 9.17) is 4.74 Å². The lowest BCUT2D eigenvalue weighted by atomic mass is 10.1. The summed E-state index contributed by atoms with van der Waals surface area (Å²) >= 11 is 0. The third-order valence-electron chi connectivity index (χ3n) is 3.54. The quantitative estimate of drug-likeness (QED) is 0.421. The maximum absolute atomic E-state index is 12.9. The van der Waals surface area contributed by atoms with Gasteiger partial charge in [-0.25, -0.2) is 4.79 Å². The summed E-state index contributed by atoms with van der Waals surface area (Å²) in [6.45, 7) is 1.03. The minimum Gasteiger partial charge on any atom is -0.494 e. The number of benzene rings is 2. The van der Waals surface area contributed by atoms with Crippen LogP contribution in [0.25, 0.3) is 0 Å². The molecule has 0 spiro atoms. The van der Waals surface area contributed by atoms with Crippen LogP contribution in [0.4, 0.5) is 24.5 Å². The van der Waals surface area contributed by atoms with E-state index in [1.54, 1.807) is 6.92 Å². The molecule has 0 aromatic heterocycles. The molecular weight excluding hydrogens is 397 g/mol. The molecule has 1 N–H and O–H groups in total. The number of hydrogen-bond donors (Lipinski definition) is 1. The maximum Gasteiger partial charge on any atom is 0.417 e. The predicted octanol–water partition coefficient (Wildman–Crippen LogP) is 3.81. The Labute approximate surface area is 162 Å². The number of rotatable bonds is 7. The van der Waals surface area contributed by atoms with E-state index in [0.29, 0.717) is 6.07 Å². The number of alkyl halides is 3. The highest BCUT2D eigenvalue weighted by atomic mass is 19.4. The Morgan fingerprint density at radius 3 is 2.48 bits per heavy atom. The van der Waals surface area contributed by atoms with Gasteiger partial charge in [0.05, 0.1) is 28.7 Å². The first-order chi connectivity index (χ1) is 13.6. The highest BCUT2D eigenvalue weighted by molar-refractivity contribution is 5.97. The van der Waals surface area contributed by atoms with Crippen LogP contribution in [0, 0.1) is 10.1 Å². The van der Waals surface area contributed by atoms with Crippen LogP contribution in [-0.2, 0) is 15.7 Å². The van der Waals surface area contributed by atoms with E-state index < -0.39 is 46.4 Å². The van der Waals surface area contributed by atoms with Crippen LogP contribution in [0.3, 0.4) is 0 Å². The predicted molar refractivity (Wildman–Crippen MR) is 94.6 cm³/mol.